The highest BCUT2D eigenvalue weighted by atomic mass is 16.6. The van der Waals surface area contributed by atoms with Gasteiger partial charge in [0, 0.05) is 19.3 Å². The second-order valence-electron chi connectivity index (χ2n) is 4.58. The third kappa shape index (κ3) is 3.07. The Kier molecular flexibility index (Phi) is 4.32. The maximum absolute atomic E-state index is 11.4. The van der Waals surface area contributed by atoms with Crippen molar-refractivity contribution in [2.45, 2.75) is 13.8 Å². The molecule has 0 aliphatic rings. The summed E-state index contributed by atoms with van der Waals surface area (Å²) in [5.41, 5.74) is 1.82. The number of rotatable bonds is 5. The van der Waals surface area contributed by atoms with E-state index in [1.165, 1.54) is 6.33 Å². The molecule has 0 bridgehead atoms. The second kappa shape index (κ2) is 6.17. The van der Waals surface area contributed by atoms with Crippen LogP contribution in [0.3, 0.4) is 0 Å². The Balaban J connectivity index is 2.49. The van der Waals surface area contributed by atoms with Gasteiger partial charge in [0.15, 0.2) is 0 Å². The van der Waals surface area contributed by atoms with Gasteiger partial charge in [0.1, 0.15) is 6.33 Å². The molecule has 0 aliphatic carbocycles. The van der Waals surface area contributed by atoms with E-state index in [-0.39, 0.29) is 17.3 Å². The molecule has 0 saturated carbocycles. The molecular formula is C14H17N5O2. The van der Waals surface area contributed by atoms with Crippen LogP contribution in [0, 0.1) is 17.0 Å². The third-order valence-corrected chi connectivity index (χ3v) is 3.07. The van der Waals surface area contributed by atoms with Gasteiger partial charge in [0.2, 0.25) is 11.6 Å². The van der Waals surface area contributed by atoms with Gasteiger partial charge in [-0.2, -0.15) is 0 Å². The number of aromatic nitrogens is 2. The average molecular weight is 287 g/mol. The molecule has 0 atom stereocenters. The number of anilines is 3. The van der Waals surface area contributed by atoms with Gasteiger partial charge in [-0.1, -0.05) is 17.7 Å². The molecule has 2 rings (SSSR count). The molecule has 0 unspecified atom stereocenters. The molecule has 0 fully saturated rings. The number of benzene rings is 1. The Hall–Kier alpha value is -2.70. The summed E-state index contributed by atoms with van der Waals surface area (Å²) in [6.45, 7) is 4.39. The van der Waals surface area contributed by atoms with Crippen molar-refractivity contribution in [3.8, 4) is 0 Å². The highest BCUT2D eigenvalue weighted by Crippen LogP contribution is 2.34. The van der Waals surface area contributed by atoms with Gasteiger partial charge in [0.05, 0.1) is 4.92 Å². The standard InChI is InChI=1S/C14H17N5O2/c1-4-15-13-12(19(20)21)14(17-9-16-13)18(3)11-7-5-10(2)6-8-11/h5-9H,4H2,1-3H3,(H,15,16,17). The molecule has 0 spiro atoms. The highest BCUT2D eigenvalue weighted by Gasteiger charge is 2.25. The van der Waals surface area contributed by atoms with Crippen LogP contribution in [0.15, 0.2) is 30.6 Å². The predicted molar refractivity (Wildman–Crippen MR) is 82.1 cm³/mol. The lowest BCUT2D eigenvalue weighted by molar-refractivity contribution is -0.383. The molecule has 1 aromatic carbocycles. The molecule has 21 heavy (non-hydrogen) atoms. The van der Waals surface area contributed by atoms with Crippen molar-refractivity contribution >= 4 is 23.0 Å². The van der Waals surface area contributed by atoms with Gasteiger partial charge >= 0.3 is 5.69 Å². The first-order chi connectivity index (χ1) is 10.0. The zero-order chi connectivity index (χ0) is 15.4. The molecule has 0 radical (unpaired) electrons. The summed E-state index contributed by atoms with van der Waals surface area (Å²) in [6.07, 6.45) is 1.32. The van der Waals surface area contributed by atoms with Crippen LogP contribution >= 0.6 is 0 Å². The predicted octanol–water partition coefficient (Wildman–Crippen LogP) is 2.89. The summed E-state index contributed by atoms with van der Waals surface area (Å²) in [5, 5.41) is 14.3. The van der Waals surface area contributed by atoms with Crippen molar-refractivity contribution in [1.29, 1.82) is 0 Å². The Labute approximate surface area is 122 Å². The lowest BCUT2D eigenvalue weighted by Gasteiger charge is -2.19. The third-order valence-electron chi connectivity index (χ3n) is 3.07. The molecule has 1 N–H and O–H groups in total. The van der Waals surface area contributed by atoms with Crippen LogP contribution in [-0.2, 0) is 0 Å². The first-order valence-corrected chi connectivity index (χ1v) is 6.58. The highest BCUT2D eigenvalue weighted by molar-refractivity contribution is 5.75. The van der Waals surface area contributed by atoms with E-state index in [0.717, 1.165) is 11.3 Å². The fourth-order valence-electron chi connectivity index (χ4n) is 1.97. The monoisotopic (exact) mass is 287 g/mol. The average Bonchev–Trinajstić information content (AvgIpc) is 2.47. The molecule has 1 aromatic heterocycles. The van der Waals surface area contributed by atoms with Gasteiger partial charge in [-0.15, -0.1) is 0 Å². The minimum absolute atomic E-state index is 0.123. The van der Waals surface area contributed by atoms with Crippen molar-refractivity contribution in [3.05, 3.63) is 46.3 Å². The van der Waals surface area contributed by atoms with E-state index in [2.05, 4.69) is 15.3 Å². The van der Waals surface area contributed by atoms with Gasteiger partial charge in [0.25, 0.3) is 0 Å². The molecular weight excluding hydrogens is 270 g/mol. The van der Waals surface area contributed by atoms with Crippen LogP contribution in [0.1, 0.15) is 12.5 Å². The van der Waals surface area contributed by atoms with Gasteiger partial charge in [-0.25, -0.2) is 9.97 Å². The van der Waals surface area contributed by atoms with Crippen molar-refractivity contribution in [3.63, 3.8) is 0 Å². The zero-order valence-corrected chi connectivity index (χ0v) is 12.2. The van der Waals surface area contributed by atoms with E-state index in [9.17, 15) is 10.1 Å². The van der Waals surface area contributed by atoms with E-state index in [1.54, 1.807) is 11.9 Å². The van der Waals surface area contributed by atoms with E-state index in [1.807, 2.05) is 38.1 Å². The van der Waals surface area contributed by atoms with Crippen LogP contribution < -0.4 is 10.2 Å². The molecule has 1 heterocycles. The molecule has 0 amide bonds. The number of hydrogen-bond donors (Lipinski definition) is 1. The zero-order valence-electron chi connectivity index (χ0n) is 12.2. The maximum atomic E-state index is 11.4. The fourth-order valence-corrected chi connectivity index (χ4v) is 1.97. The molecule has 0 aliphatic heterocycles. The Morgan fingerprint density at radius 2 is 1.95 bits per heavy atom. The fraction of sp³-hybridized carbons (Fsp3) is 0.286. The molecule has 2 aromatic rings. The van der Waals surface area contributed by atoms with Crippen LogP contribution in [0.2, 0.25) is 0 Å². The Bertz CT molecular complexity index is 642. The topological polar surface area (TPSA) is 84.2 Å². The summed E-state index contributed by atoms with van der Waals surface area (Å²) >= 11 is 0. The second-order valence-corrected chi connectivity index (χ2v) is 4.58. The Morgan fingerprint density at radius 3 is 2.52 bits per heavy atom. The van der Waals surface area contributed by atoms with Crippen molar-refractivity contribution in [2.75, 3.05) is 23.8 Å². The summed E-state index contributed by atoms with van der Waals surface area (Å²) in [4.78, 5) is 20.6. The first kappa shape index (κ1) is 14.7. The first-order valence-electron chi connectivity index (χ1n) is 6.58. The molecule has 0 saturated heterocycles. The van der Waals surface area contributed by atoms with E-state index >= 15 is 0 Å². The number of nitro groups is 1. The quantitative estimate of drug-likeness (QED) is 0.672. The number of nitrogens with zero attached hydrogens (tertiary/aromatic N) is 4. The van der Waals surface area contributed by atoms with Crippen molar-refractivity contribution < 1.29 is 4.92 Å². The minimum Gasteiger partial charge on any atom is -0.364 e. The SMILES string of the molecule is CCNc1ncnc(N(C)c2ccc(C)cc2)c1[N+](=O)[O-]. The number of nitrogens with one attached hydrogen (secondary N) is 1. The largest absolute Gasteiger partial charge is 0.364 e. The summed E-state index contributed by atoms with van der Waals surface area (Å²) in [6, 6.07) is 7.69. The number of hydrogen-bond acceptors (Lipinski definition) is 6. The Morgan fingerprint density at radius 1 is 1.29 bits per heavy atom. The summed E-state index contributed by atoms with van der Waals surface area (Å²) < 4.78 is 0. The van der Waals surface area contributed by atoms with Gasteiger partial charge in [-0.3, -0.25) is 10.1 Å². The molecule has 110 valence electrons. The minimum atomic E-state index is -0.460. The van der Waals surface area contributed by atoms with Crippen molar-refractivity contribution in [1.82, 2.24) is 9.97 Å². The summed E-state index contributed by atoms with van der Waals surface area (Å²) in [5.74, 6) is 0.487. The smallest absolute Gasteiger partial charge is 0.353 e. The van der Waals surface area contributed by atoms with Crippen molar-refractivity contribution in [2.24, 2.45) is 0 Å². The molecule has 7 nitrogen and oxygen atoms in total. The van der Waals surface area contributed by atoms with E-state index < -0.39 is 4.92 Å². The van der Waals surface area contributed by atoms with Crippen LogP contribution in [-0.4, -0.2) is 28.5 Å². The lowest BCUT2D eigenvalue weighted by atomic mass is 10.2. The summed E-state index contributed by atoms with van der Waals surface area (Å²) in [7, 11) is 1.75. The van der Waals surface area contributed by atoms with Crippen LogP contribution in [0.5, 0.6) is 0 Å². The lowest BCUT2D eigenvalue weighted by Crippen LogP contribution is -2.15. The van der Waals surface area contributed by atoms with Gasteiger partial charge in [-0.05, 0) is 26.0 Å². The maximum Gasteiger partial charge on any atom is 0.353 e. The number of aryl methyl sites for hydroxylation is 1. The normalized spacial score (nSPS) is 10.2. The van der Waals surface area contributed by atoms with E-state index in [4.69, 9.17) is 0 Å². The van der Waals surface area contributed by atoms with Gasteiger partial charge < -0.3 is 10.2 Å². The molecule has 7 heteroatoms. The van der Waals surface area contributed by atoms with E-state index in [0.29, 0.717) is 6.54 Å². The van der Waals surface area contributed by atoms with Crippen LogP contribution in [0.4, 0.5) is 23.0 Å². The van der Waals surface area contributed by atoms with Crippen LogP contribution in [0.25, 0.3) is 0 Å².